The molecule has 3 aromatic carbocycles. The van der Waals surface area contributed by atoms with Gasteiger partial charge in [-0.3, -0.25) is 9.59 Å². The molecular weight excluding hydrogens is 408 g/mol. The molecule has 0 spiro atoms. The van der Waals surface area contributed by atoms with E-state index in [4.69, 9.17) is 4.74 Å². The number of carbonyl (C=O) groups is 2. The van der Waals surface area contributed by atoms with Gasteiger partial charge in [-0.15, -0.1) is 0 Å². The molecule has 31 heavy (non-hydrogen) atoms. The Morgan fingerprint density at radius 1 is 0.806 bits per heavy atom. The van der Waals surface area contributed by atoms with Gasteiger partial charge in [0.2, 0.25) is 0 Å². The first-order valence-electron chi connectivity index (χ1n) is 9.82. The van der Waals surface area contributed by atoms with Crippen LogP contribution in [0.5, 0.6) is 5.75 Å². The van der Waals surface area contributed by atoms with Crippen LogP contribution >= 0.6 is 11.8 Å². The van der Waals surface area contributed by atoms with E-state index in [1.807, 2.05) is 68.4 Å². The van der Waals surface area contributed by atoms with Crippen LogP contribution in [-0.2, 0) is 9.59 Å². The molecule has 0 radical (unpaired) electrons. The highest BCUT2D eigenvalue weighted by atomic mass is 32.2. The number of amides is 2. The number of nitrogens with zero attached hydrogens (tertiary/aromatic N) is 1. The van der Waals surface area contributed by atoms with Crippen LogP contribution in [-0.4, -0.2) is 18.9 Å². The molecule has 1 aliphatic heterocycles. The van der Waals surface area contributed by atoms with Crippen LogP contribution in [0.4, 0.5) is 11.4 Å². The van der Waals surface area contributed by atoms with Gasteiger partial charge in [0.25, 0.3) is 11.8 Å². The molecule has 0 fully saturated rings. The topological polar surface area (TPSA) is 58.6 Å². The van der Waals surface area contributed by atoms with Gasteiger partial charge in [-0.05, 0) is 50.2 Å². The van der Waals surface area contributed by atoms with E-state index in [9.17, 15) is 9.59 Å². The van der Waals surface area contributed by atoms with Crippen molar-refractivity contribution in [3.05, 3.63) is 94.5 Å². The summed E-state index contributed by atoms with van der Waals surface area (Å²) in [5.74, 6) is -0.157. The molecule has 0 aliphatic carbocycles. The first-order chi connectivity index (χ1) is 15.0. The van der Waals surface area contributed by atoms with Crippen LogP contribution in [0.1, 0.15) is 11.1 Å². The van der Waals surface area contributed by atoms with E-state index in [0.29, 0.717) is 22.0 Å². The predicted molar refractivity (Wildman–Crippen MR) is 124 cm³/mol. The number of methoxy groups -OCH3 is 1. The summed E-state index contributed by atoms with van der Waals surface area (Å²) in [5.41, 5.74) is 3.58. The third-order valence-electron chi connectivity index (χ3n) is 4.94. The second kappa shape index (κ2) is 8.70. The first kappa shape index (κ1) is 20.8. The molecule has 2 amide bonds. The third-order valence-corrected chi connectivity index (χ3v) is 6.03. The summed E-state index contributed by atoms with van der Waals surface area (Å²) in [4.78, 5) is 29.2. The molecule has 1 heterocycles. The summed E-state index contributed by atoms with van der Waals surface area (Å²) >= 11 is 1.28. The Kier molecular flexibility index (Phi) is 5.82. The lowest BCUT2D eigenvalue weighted by Gasteiger charge is -2.16. The second-order valence-corrected chi connectivity index (χ2v) is 8.31. The van der Waals surface area contributed by atoms with Gasteiger partial charge in [0.1, 0.15) is 16.4 Å². The number of nitrogens with one attached hydrogen (secondary N) is 1. The van der Waals surface area contributed by atoms with Crippen molar-refractivity contribution < 1.29 is 14.3 Å². The Morgan fingerprint density at radius 2 is 1.42 bits per heavy atom. The Bertz CT molecular complexity index is 1170. The maximum atomic E-state index is 13.4. The minimum atomic E-state index is -0.394. The van der Waals surface area contributed by atoms with Crippen LogP contribution in [0.3, 0.4) is 0 Å². The van der Waals surface area contributed by atoms with E-state index in [2.05, 4.69) is 5.32 Å². The number of benzene rings is 3. The second-order valence-electron chi connectivity index (χ2n) is 7.23. The van der Waals surface area contributed by atoms with Crippen molar-refractivity contribution in [1.82, 2.24) is 0 Å². The molecule has 0 aromatic heterocycles. The van der Waals surface area contributed by atoms with Crippen molar-refractivity contribution >= 4 is 35.0 Å². The number of carbonyl (C=O) groups excluding carboxylic acids is 2. The van der Waals surface area contributed by atoms with Crippen molar-refractivity contribution in [2.24, 2.45) is 0 Å². The molecule has 0 atom stereocenters. The fourth-order valence-electron chi connectivity index (χ4n) is 3.25. The number of aryl methyl sites for hydroxylation is 2. The zero-order valence-corrected chi connectivity index (χ0v) is 18.3. The van der Waals surface area contributed by atoms with Gasteiger partial charge in [-0.25, -0.2) is 4.90 Å². The van der Waals surface area contributed by atoms with Crippen LogP contribution in [0.2, 0.25) is 0 Å². The summed E-state index contributed by atoms with van der Waals surface area (Å²) < 4.78 is 5.41. The van der Waals surface area contributed by atoms with Gasteiger partial charge in [0, 0.05) is 4.90 Å². The van der Waals surface area contributed by atoms with Crippen molar-refractivity contribution in [3.8, 4) is 5.75 Å². The van der Waals surface area contributed by atoms with Crippen molar-refractivity contribution in [2.75, 3.05) is 17.3 Å². The maximum Gasteiger partial charge on any atom is 0.283 e. The van der Waals surface area contributed by atoms with Crippen LogP contribution in [0, 0.1) is 13.8 Å². The number of para-hydroxylation sites is 2. The molecular formula is C25H22N2O3S. The average Bonchev–Trinajstić information content (AvgIpc) is 3.00. The molecule has 0 saturated heterocycles. The number of hydrogen-bond acceptors (Lipinski definition) is 5. The van der Waals surface area contributed by atoms with Gasteiger partial charge in [-0.2, -0.15) is 0 Å². The van der Waals surface area contributed by atoms with E-state index in [-0.39, 0.29) is 11.6 Å². The van der Waals surface area contributed by atoms with Gasteiger partial charge < -0.3 is 10.1 Å². The third kappa shape index (κ3) is 4.20. The smallest absolute Gasteiger partial charge is 0.283 e. The molecule has 3 aromatic rings. The zero-order chi connectivity index (χ0) is 22.0. The molecule has 0 saturated carbocycles. The van der Waals surface area contributed by atoms with Crippen molar-refractivity contribution in [1.29, 1.82) is 0 Å². The van der Waals surface area contributed by atoms with Gasteiger partial charge in [0.15, 0.2) is 0 Å². The van der Waals surface area contributed by atoms with Crippen LogP contribution < -0.4 is 15.0 Å². The van der Waals surface area contributed by atoms with Gasteiger partial charge in [0.05, 0.1) is 18.5 Å². The Labute approximate surface area is 185 Å². The SMILES string of the molecule is COc1ccccc1NC1=C(Sc2ccc(C)cc2)C(=O)N(c2ccc(C)cc2)C1=O. The van der Waals surface area contributed by atoms with E-state index >= 15 is 0 Å². The average molecular weight is 431 g/mol. The highest BCUT2D eigenvalue weighted by Crippen LogP contribution is 2.39. The number of hydrogen-bond donors (Lipinski definition) is 1. The van der Waals surface area contributed by atoms with E-state index < -0.39 is 5.91 Å². The first-order valence-corrected chi connectivity index (χ1v) is 10.6. The number of anilines is 2. The molecule has 6 heteroatoms. The molecule has 5 nitrogen and oxygen atoms in total. The minimum Gasteiger partial charge on any atom is -0.495 e. The van der Waals surface area contributed by atoms with E-state index in [0.717, 1.165) is 16.0 Å². The van der Waals surface area contributed by atoms with Crippen LogP contribution in [0.15, 0.2) is 88.3 Å². The Morgan fingerprint density at radius 3 is 2.06 bits per heavy atom. The monoisotopic (exact) mass is 430 g/mol. The van der Waals surface area contributed by atoms with Crippen molar-refractivity contribution in [3.63, 3.8) is 0 Å². The normalized spacial score (nSPS) is 13.7. The van der Waals surface area contributed by atoms with Gasteiger partial charge in [-0.1, -0.05) is 59.3 Å². The minimum absolute atomic E-state index is 0.237. The van der Waals surface area contributed by atoms with Crippen LogP contribution in [0.25, 0.3) is 0 Å². The summed E-state index contributed by atoms with van der Waals surface area (Å²) in [6.45, 7) is 3.97. The standard InChI is InChI=1S/C25H22N2O3S/c1-16-8-12-18(13-9-16)27-24(28)22(26-20-6-4-5-7-21(20)30-3)23(25(27)29)31-19-14-10-17(2)11-15-19/h4-15,26H,1-3H3. The Balaban J connectivity index is 1.76. The fraction of sp³-hybridized carbons (Fsp3) is 0.120. The fourth-order valence-corrected chi connectivity index (χ4v) is 4.18. The number of imide groups is 1. The highest BCUT2D eigenvalue weighted by molar-refractivity contribution is 8.04. The van der Waals surface area contributed by atoms with Crippen molar-refractivity contribution in [2.45, 2.75) is 18.7 Å². The number of rotatable bonds is 6. The molecule has 4 rings (SSSR count). The quantitative estimate of drug-likeness (QED) is 0.538. The predicted octanol–water partition coefficient (Wildman–Crippen LogP) is 5.30. The zero-order valence-electron chi connectivity index (χ0n) is 17.5. The molecule has 1 N–H and O–H groups in total. The number of thioether (sulfide) groups is 1. The van der Waals surface area contributed by atoms with E-state index in [1.165, 1.54) is 16.7 Å². The lowest BCUT2D eigenvalue weighted by Crippen LogP contribution is -2.32. The molecule has 1 aliphatic rings. The number of ether oxygens (including phenoxy) is 1. The largest absolute Gasteiger partial charge is 0.495 e. The molecule has 0 bridgehead atoms. The molecule has 0 unspecified atom stereocenters. The van der Waals surface area contributed by atoms with E-state index in [1.54, 1.807) is 25.3 Å². The van der Waals surface area contributed by atoms with Gasteiger partial charge >= 0.3 is 0 Å². The Hall–Kier alpha value is -3.51. The lowest BCUT2D eigenvalue weighted by atomic mass is 10.2. The summed E-state index contributed by atoms with van der Waals surface area (Å²) in [6.07, 6.45) is 0. The highest BCUT2D eigenvalue weighted by Gasteiger charge is 2.40. The molecule has 156 valence electrons. The summed E-state index contributed by atoms with van der Waals surface area (Å²) in [7, 11) is 1.57. The summed E-state index contributed by atoms with van der Waals surface area (Å²) in [5, 5.41) is 3.16. The lowest BCUT2D eigenvalue weighted by molar-refractivity contribution is -0.120. The summed E-state index contributed by atoms with van der Waals surface area (Å²) in [6, 6.07) is 22.5. The maximum absolute atomic E-state index is 13.4.